The van der Waals surface area contributed by atoms with Gasteiger partial charge in [-0.2, -0.15) is 0 Å². The van der Waals surface area contributed by atoms with Crippen LogP contribution in [0, 0.1) is 5.92 Å². The van der Waals surface area contributed by atoms with Gasteiger partial charge in [0.25, 0.3) is 0 Å². The molecule has 0 bridgehead atoms. The number of hydrogen-bond donors (Lipinski definition) is 2. The smallest absolute Gasteiger partial charge is 0.240 e. The maximum absolute atomic E-state index is 12.2. The van der Waals surface area contributed by atoms with Gasteiger partial charge < -0.3 is 5.73 Å². The molecular formula is C12H16ClN3O3S. The first kappa shape index (κ1) is 15.2. The van der Waals surface area contributed by atoms with Gasteiger partial charge >= 0.3 is 0 Å². The van der Waals surface area contributed by atoms with Crippen molar-refractivity contribution in [3.63, 3.8) is 0 Å². The molecule has 1 heterocycles. The van der Waals surface area contributed by atoms with Crippen LogP contribution < -0.4 is 10.5 Å². The zero-order valence-electron chi connectivity index (χ0n) is 10.8. The summed E-state index contributed by atoms with van der Waals surface area (Å²) < 4.78 is 27.0. The van der Waals surface area contributed by atoms with Crippen molar-refractivity contribution in [3.8, 4) is 0 Å². The summed E-state index contributed by atoms with van der Waals surface area (Å²) in [5.74, 6) is -0.460. The molecule has 1 fully saturated rings. The Morgan fingerprint density at radius 2 is 2.00 bits per heavy atom. The number of amides is 1. The molecule has 0 radical (unpaired) electrons. The van der Waals surface area contributed by atoms with Crippen molar-refractivity contribution in [2.75, 3.05) is 0 Å². The summed E-state index contributed by atoms with van der Waals surface area (Å²) in [5, 5.41) is 0.130. The Hall–Kier alpha value is -1.18. The number of sulfonamides is 1. The van der Waals surface area contributed by atoms with Gasteiger partial charge in [-0.1, -0.05) is 11.6 Å². The average Bonchev–Trinajstić information content (AvgIpc) is 2.39. The van der Waals surface area contributed by atoms with Crippen molar-refractivity contribution in [1.82, 2.24) is 9.71 Å². The third-order valence-electron chi connectivity index (χ3n) is 3.46. The molecule has 0 spiro atoms. The van der Waals surface area contributed by atoms with Crippen molar-refractivity contribution >= 4 is 27.5 Å². The van der Waals surface area contributed by atoms with Crippen molar-refractivity contribution in [3.05, 3.63) is 23.5 Å². The summed E-state index contributed by atoms with van der Waals surface area (Å²) in [6, 6.07) is 2.52. The predicted molar refractivity (Wildman–Crippen MR) is 74.5 cm³/mol. The Balaban J connectivity index is 2.02. The number of aromatic nitrogens is 1. The van der Waals surface area contributed by atoms with E-state index >= 15 is 0 Å². The summed E-state index contributed by atoms with van der Waals surface area (Å²) in [7, 11) is -3.61. The van der Waals surface area contributed by atoms with E-state index < -0.39 is 10.0 Å². The van der Waals surface area contributed by atoms with Gasteiger partial charge in [-0.05, 0) is 37.8 Å². The van der Waals surface area contributed by atoms with Gasteiger partial charge in [-0.15, -0.1) is 0 Å². The fourth-order valence-electron chi connectivity index (χ4n) is 2.34. The number of hydrogen-bond acceptors (Lipinski definition) is 4. The fraction of sp³-hybridized carbons (Fsp3) is 0.500. The highest BCUT2D eigenvalue weighted by Gasteiger charge is 2.28. The van der Waals surface area contributed by atoms with E-state index in [0.29, 0.717) is 25.7 Å². The maximum Gasteiger partial charge on any atom is 0.240 e. The molecule has 8 heteroatoms. The van der Waals surface area contributed by atoms with Crippen molar-refractivity contribution in [2.45, 2.75) is 36.6 Å². The normalized spacial score (nSPS) is 23.4. The maximum atomic E-state index is 12.2. The van der Waals surface area contributed by atoms with Gasteiger partial charge in [0.1, 0.15) is 5.15 Å². The van der Waals surface area contributed by atoms with Crippen LogP contribution in [-0.4, -0.2) is 25.4 Å². The third-order valence-corrected chi connectivity index (χ3v) is 5.18. The first-order valence-corrected chi connectivity index (χ1v) is 8.18. The number of nitrogens with two attached hydrogens (primary N) is 1. The van der Waals surface area contributed by atoms with Crippen LogP contribution in [0.5, 0.6) is 0 Å². The molecule has 20 heavy (non-hydrogen) atoms. The minimum atomic E-state index is -3.61. The van der Waals surface area contributed by atoms with Crippen LogP contribution in [0.1, 0.15) is 25.7 Å². The van der Waals surface area contributed by atoms with Gasteiger partial charge in [0.2, 0.25) is 15.9 Å². The predicted octanol–water partition coefficient (Wildman–Crippen LogP) is 1.06. The first-order chi connectivity index (χ1) is 9.38. The molecule has 0 aromatic carbocycles. The Bertz CT molecular complexity index is 598. The molecule has 0 unspecified atom stereocenters. The van der Waals surface area contributed by atoms with Gasteiger partial charge in [0.15, 0.2) is 0 Å². The summed E-state index contributed by atoms with van der Waals surface area (Å²) in [5.41, 5.74) is 5.25. The van der Waals surface area contributed by atoms with Crippen molar-refractivity contribution < 1.29 is 13.2 Å². The zero-order valence-corrected chi connectivity index (χ0v) is 12.3. The molecule has 1 aromatic rings. The molecule has 3 N–H and O–H groups in total. The number of carbonyl (C=O) groups is 1. The lowest BCUT2D eigenvalue weighted by Crippen LogP contribution is -2.39. The number of primary amides is 1. The van der Waals surface area contributed by atoms with Crippen molar-refractivity contribution in [1.29, 1.82) is 0 Å². The van der Waals surface area contributed by atoms with Crippen molar-refractivity contribution in [2.24, 2.45) is 11.7 Å². The number of nitrogens with one attached hydrogen (secondary N) is 1. The number of carbonyl (C=O) groups excluding carboxylic acids is 1. The highest BCUT2D eigenvalue weighted by Crippen LogP contribution is 2.25. The Morgan fingerprint density at radius 3 is 2.55 bits per heavy atom. The second-order valence-electron chi connectivity index (χ2n) is 4.89. The lowest BCUT2D eigenvalue weighted by molar-refractivity contribution is -0.122. The summed E-state index contributed by atoms with van der Waals surface area (Å²) >= 11 is 5.69. The molecule has 1 amide bonds. The largest absolute Gasteiger partial charge is 0.369 e. The third kappa shape index (κ3) is 3.68. The van der Waals surface area contributed by atoms with Crippen LogP contribution in [0.15, 0.2) is 23.2 Å². The quantitative estimate of drug-likeness (QED) is 0.810. The molecule has 1 aliphatic carbocycles. The van der Waals surface area contributed by atoms with Gasteiger partial charge in [0, 0.05) is 18.2 Å². The van der Waals surface area contributed by atoms with E-state index in [2.05, 4.69) is 9.71 Å². The number of halogens is 1. The number of nitrogens with zero attached hydrogens (tertiary/aromatic N) is 1. The monoisotopic (exact) mass is 317 g/mol. The lowest BCUT2D eigenvalue weighted by Gasteiger charge is -2.27. The molecular weight excluding hydrogens is 302 g/mol. The van der Waals surface area contributed by atoms with Gasteiger partial charge in [0.05, 0.1) is 4.90 Å². The molecule has 0 aliphatic heterocycles. The molecule has 110 valence electrons. The SMILES string of the molecule is NC(=O)C1CCC(NS(=O)(=O)c2ccnc(Cl)c2)CC1. The summed E-state index contributed by atoms with van der Waals surface area (Å²) in [6.07, 6.45) is 3.78. The van der Waals surface area contributed by atoms with E-state index in [9.17, 15) is 13.2 Å². The number of pyridine rings is 1. The molecule has 1 saturated carbocycles. The summed E-state index contributed by atoms with van der Waals surface area (Å²) in [4.78, 5) is 14.9. The van der Waals surface area contributed by atoms with E-state index in [1.807, 2.05) is 0 Å². The highest BCUT2D eigenvalue weighted by atomic mass is 35.5. The second-order valence-corrected chi connectivity index (χ2v) is 6.99. The molecule has 1 aliphatic rings. The van der Waals surface area contributed by atoms with Gasteiger partial charge in [-0.25, -0.2) is 18.1 Å². The van der Waals surface area contributed by atoms with Crippen LogP contribution in [-0.2, 0) is 14.8 Å². The first-order valence-electron chi connectivity index (χ1n) is 6.31. The molecule has 0 atom stereocenters. The van der Waals surface area contributed by atoms with Crippen LogP contribution in [0.4, 0.5) is 0 Å². The molecule has 2 rings (SSSR count). The van der Waals surface area contributed by atoms with Crippen LogP contribution in [0.2, 0.25) is 5.15 Å². The minimum absolute atomic E-state index is 0.0922. The Morgan fingerprint density at radius 1 is 1.35 bits per heavy atom. The Kier molecular flexibility index (Phi) is 4.62. The minimum Gasteiger partial charge on any atom is -0.369 e. The second kappa shape index (κ2) is 6.07. The molecule has 1 aromatic heterocycles. The van der Waals surface area contributed by atoms with E-state index in [1.165, 1.54) is 18.3 Å². The zero-order chi connectivity index (χ0) is 14.8. The van der Waals surface area contributed by atoms with Crippen LogP contribution in [0.3, 0.4) is 0 Å². The van der Waals surface area contributed by atoms with E-state index in [-0.39, 0.29) is 27.9 Å². The fourth-order valence-corrected chi connectivity index (χ4v) is 3.89. The van der Waals surface area contributed by atoms with Crippen LogP contribution >= 0.6 is 11.6 Å². The van der Waals surface area contributed by atoms with Crippen LogP contribution in [0.25, 0.3) is 0 Å². The average molecular weight is 318 g/mol. The molecule has 0 saturated heterocycles. The summed E-state index contributed by atoms with van der Waals surface area (Å²) in [6.45, 7) is 0. The van der Waals surface area contributed by atoms with E-state index in [0.717, 1.165) is 0 Å². The standard InChI is InChI=1S/C12H16ClN3O3S/c13-11-7-10(5-6-15-11)20(18,19)16-9-3-1-8(2-4-9)12(14)17/h5-9,16H,1-4H2,(H2,14,17). The van der Waals surface area contributed by atoms with E-state index in [1.54, 1.807) is 0 Å². The highest BCUT2D eigenvalue weighted by molar-refractivity contribution is 7.89. The Labute approximate surface area is 122 Å². The number of rotatable bonds is 4. The topological polar surface area (TPSA) is 102 Å². The molecule has 6 nitrogen and oxygen atoms in total. The van der Waals surface area contributed by atoms with E-state index in [4.69, 9.17) is 17.3 Å². The van der Waals surface area contributed by atoms with Gasteiger partial charge in [-0.3, -0.25) is 4.79 Å². The lowest BCUT2D eigenvalue weighted by atomic mass is 9.86.